The van der Waals surface area contributed by atoms with Crippen LogP contribution in [-0.2, 0) is 6.61 Å². The fourth-order valence-electron chi connectivity index (χ4n) is 2.45. The number of hydrogen-bond acceptors (Lipinski definition) is 5. The molecule has 2 aromatic rings. The summed E-state index contributed by atoms with van der Waals surface area (Å²) in [7, 11) is 0. The van der Waals surface area contributed by atoms with Gasteiger partial charge < -0.3 is 14.2 Å². The maximum atomic E-state index is 12.5. The van der Waals surface area contributed by atoms with Gasteiger partial charge in [0.25, 0.3) is 5.91 Å². The van der Waals surface area contributed by atoms with Crippen molar-refractivity contribution >= 4 is 11.7 Å². The van der Waals surface area contributed by atoms with Crippen LogP contribution in [0.1, 0.15) is 60.7 Å². The number of aromatic nitrogens is 1. The average Bonchev–Trinajstić information content (AvgIpc) is 3.09. The van der Waals surface area contributed by atoms with Gasteiger partial charge in [-0.15, -0.1) is 0 Å². The third kappa shape index (κ3) is 4.68. The standard InChI is InChI=1S/C19H24N2O4/c1-5-13(3)21(6-2)19(23)18-11-17(25-20-18)12-24-16-9-7-15(8-10-16)14(4)22/h7-11,13H,5-6,12H2,1-4H3/t13-/m0/s1. The highest BCUT2D eigenvalue weighted by Gasteiger charge is 2.22. The van der Waals surface area contributed by atoms with E-state index in [-0.39, 0.29) is 30.0 Å². The molecule has 0 aliphatic carbocycles. The van der Waals surface area contributed by atoms with Crippen molar-refractivity contribution < 1.29 is 18.8 Å². The molecule has 0 fully saturated rings. The molecule has 0 unspecified atom stereocenters. The van der Waals surface area contributed by atoms with Gasteiger partial charge in [-0.3, -0.25) is 9.59 Å². The number of nitrogens with zero attached hydrogens (tertiary/aromatic N) is 2. The first-order valence-corrected chi connectivity index (χ1v) is 8.46. The number of carbonyl (C=O) groups is 2. The third-order valence-electron chi connectivity index (χ3n) is 4.14. The Morgan fingerprint density at radius 3 is 2.48 bits per heavy atom. The number of Topliss-reactive ketones (excluding diaryl/α,β-unsaturated/α-hetero) is 1. The van der Waals surface area contributed by atoms with E-state index in [1.54, 1.807) is 35.2 Å². The van der Waals surface area contributed by atoms with Crippen molar-refractivity contribution in [3.63, 3.8) is 0 Å². The zero-order valence-corrected chi connectivity index (χ0v) is 15.1. The van der Waals surface area contributed by atoms with Crippen LogP contribution in [0, 0.1) is 0 Å². The molecule has 0 bridgehead atoms. The van der Waals surface area contributed by atoms with E-state index >= 15 is 0 Å². The van der Waals surface area contributed by atoms with Gasteiger partial charge in [-0.25, -0.2) is 0 Å². The van der Waals surface area contributed by atoms with Crippen molar-refractivity contribution in [2.45, 2.75) is 46.8 Å². The maximum Gasteiger partial charge on any atom is 0.276 e. The molecule has 0 aliphatic heterocycles. The molecule has 6 heteroatoms. The van der Waals surface area contributed by atoms with Crippen LogP contribution in [0.3, 0.4) is 0 Å². The fraction of sp³-hybridized carbons (Fsp3) is 0.421. The summed E-state index contributed by atoms with van der Waals surface area (Å²) in [6.45, 7) is 8.29. The van der Waals surface area contributed by atoms with Crippen LogP contribution in [0.25, 0.3) is 0 Å². The van der Waals surface area contributed by atoms with Gasteiger partial charge >= 0.3 is 0 Å². The normalized spacial score (nSPS) is 11.8. The van der Waals surface area contributed by atoms with Crippen molar-refractivity contribution in [2.75, 3.05) is 6.54 Å². The fourth-order valence-corrected chi connectivity index (χ4v) is 2.45. The number of ketones is 1. The highest BCUT2D eigenvalue weighted by atomic mass is 16.5. The van der Waals surface area contributed by atoms with E-state index in [0.717, 1.165) is 6.42 Å². The molecule has 0 spiro atoms. The van der Waals surface area contributed by atoms with Gasteiger partial charge in [0, 0.05) is 24.2 Å². The van der Waals surface area contributed by atoms with Gasteiger partial charge in [0.1, 0.15) is 12.4 Å². The topological polar surface area (TPSA) is 72.6 Å². The third-order valence-corrected chi connectivity index (χ3v) is 4.14. The minimum absolute atomic E-state index is 0.00623. The Kier molecular flexibility index (Phi) is 6.33. The second-order valence-corrected chi connectivity index (χ2v) is 5.90. The lowest BCUT2D eigenvalue weighted by Gasteiger charge is -2.26. The second kappa shape index (κ2) is 8.46. The Morgan fingerprint density at radius 2 is 1.92 bits per heavy atom. The molecule has 1 heterocycles. The molecule has 0 saturated carbocycles. The smallest absolute Gasteiger partial charge is 0.276 e. The van der Waals surface area contributed by atoms with Crippen LogP contribution in [0.5, 0.6) is 5.75 Å². The van der Waals surface area contributed by atoms with Gasteiger partial charge in [-0.2, -0.15) is 0 Å². The summed E-state index contributed by atoms with van der Waals surface area (Å²) in [6, 6.07) is 8.61. The van der Waals surface area contributed by atoms with Crippen molar-refractivity contribution in [3.8, 4) is 5.75 Å². The predicted octanol–water partition coefficient (Wildman–Crippen LogP) is 3.72. The molecular weight excluding hydrogens is 320 g/mol. The molecule has 0 aliphatic rings. The Labute approximate surface area is 147 Å². The monoisotopic (exact) mass is 344 g/mol. The predicted molar refractivity (Wildman–Crippen MR) is 93.7 cm³/mol. The van der Waals surface area contributed by atoms with Crippen molar-refractivity contribution in [1.82, 2.24) is 10.1 Å². The number of ether oxygens (including phenoxy) is 1. The summed E-state index contributed by atoms with van der Waals surface area (Å²) < 4.78 is 10.8. The molecule has 1 aromatic carbocycles. The number of carbonyl (C=O) groups excluding carboxylic acids is 2. The molecule has 25 heavy (non-hydrogen) atoms. The van der Waals surface area contributed by atoms with Gasteiger partial charge in [0.15, 0.2) is 17.2 Å². The number of benzene rings is 1. The van der Waals surface area contributed by atoms with Crippen molar-refractivity contribution in [3.05, 3.63) is 47.3 Å². The summed E-state index contributed by atoms with van der Waals surface area (Å²) >= 11 is 0. The maximum absolute atomic E-state index is 12.5. The minimum Gasteiger partial charge on any atom is -0.486 e. The van der Waals surface area contributed by atoms with E-state index in [0.29, 0.717) is 23.6 Å². The second-order valence-electron chi connectivity index (χ2n) is 5.90. The molecule has 1 aromatic heterocycles. The zero-order valence-electron chi connectivity index (χ0n) is 15.1. The molecular formula is C19H24N2O4. The van der Waals surface area contributed by atoms with E-state index in [1.165, 1.54) is 6.92 Å². The largest absolute Gasteiger partial charge is 0.486 e. The number of amides is 1. The van der Waals surface area contributed by atoms with Crippen LogP contribution in [0.2, 0.25) is 0 Å². The van der Waals surface area contributed by atoms with E-state index in [2.05, 4.69) is 5.16 Å². The minimum atomic E-state index is -0.141. The SMILES string of the molecule is CC[C@H](C)N(CC)C(=O)c1cc(COc2ccc(C(C)=O)cc2)on1. The first-order valence-electron chi connectivity index (χ1n) is 8.46. The van der Waals surface area contributed by atoms with E-state index < -0.39 is 0 Å². The summed E-state index contributed by atoms with van der Waals surface area (Å²) in [5.41, 5.74) is 0.914. The molecule has 0 N–H and O–H groups in total. The lowest BCUT2D eigenvalue weighted by atomic mass is 10.1. The van der Waals surface area contributed by atoms with Crippen LogP contribution >= 0.6 is 0 Å². The lowest BCUT2D eigenvalue weighted by Crippen LogP contribution is -2.38. The van der Waals surface area contributed by atoms with E-state index in [1.807, 2.05) is 20.8 Å². The van der Waals surface area contributed by atoms with Crippen molar-refractivity contribution in [1.29, 1.82) is 0 Å². The van der Waals surface area contributed by atoms with Gasteiger partial charge in [-0.05, 0) is 51.5 Å². The summed E-state index contributed by atoms with van der Waals surface area (Å²) in [4.78, 5) is 25.5. The zero-order chi connectivity index (χ0) is 18.4. The van der Waals surface area contributed by atoms with Gasteiger partial charge in [0.2, 0.25) is 0 Å². The number of rotatable bonds is 8. The molecule has 0 radical (unpaired) electrons. The summed E-state index contributed by atoms with van der Waals surface area (Å²) in [6.07, 6.45) is 0.879. The lowest BCUT2D eigenvalue weighted by molar-refractivity contribution is 0.0689. The number of hydrogen-bond donors (Lipinski definition) is 0. The van der Waals surface area contributed by atoms with Crippen molar-refractivity contribution in [2.24, 2.45) is 0 Å². The molecule has 2 rings (SSSR count). The van der Waals surface area contributed by atoms with Gasteiger partial charge in [0.05, 0.1) is 0 Å². The Hall–Kier alpha value is -2.63. The summed E-state index contributed by atoms with van der Waals surface area (Å²) in [5.74, 6) is 0.952. The first-order chi connectivity index (χ1) is 12.0. The molecule has 134 valence electrons. The van der Waals surface area contributed by atoms with E-state index in [9.17, 15) is 9.59 Å². The quantitative estimate of drug-likeness (QED) is 0.683. The van der Waals surface area contributed by atoms with Crippen LogP contribution in [0.15, 0.2) is 34.9 Å². The first kappa shape index (κ1) is 18.7. The average molecular weight is 344 g/mol. The van der Waals surface area contributed by atoms with Gasteiger partial charge in [-0.1, -0.05) is 12.1 Å². The van der Waals surface area contributed by atoms with Crippen LogP contribution < -0.4 is 4.74 Å². The molecule has 1 atom stereocenters. The van der Waals surface area contributed by atoms with Crippen LogP contribution in [-0.4, -0.2) is 34.3 Å². The molecule has 0 saturated heterocycles. The van der Waals surface area contributed by atoms with Crippen LogP contribution in [0.4, 0.5) is 0 Å². The molecule has 1 amide bonds. The van der Waals surface area contributed by atoms with E-state index in [4.69, 9.17) is 9.26 Å². The Bertz CT molecular complexity index is 721. The highest BCUT2D eigenvalue weighted by Crippen LogP contribution is 2.16. The summed E-state index contributed by atoms with van der Waals surface area (Å²) in [5, 5.41) is 3.86. The highest BCUT2D eigenvalue weighted by molar-refractivity contribution is 5.94. The Balaban J connectivity index is 1.99. The Morgan fingerprint density at radius 1 is 1.24 bits per heavy atom. The molecule has 6 nitrogen and oxygen atoms in total.